The Bertz CT molecular complexity index is 786. The first-order valence-electron chi connectivity index (χ1n) is 7.14. The average Bonchev–Trinajstić information content (AvgIpc) is 3.11. The van der Waals surface area contributed by atoms with E-state index in [9.17, 15) is 4.79 Å². The highest BCUT2D eigenvalue weighted by atomic mass is 32.2. The van der Waals surface area contributed by atoms with Crippen LogP contribution in [0.4, 0.5) is 5.69 Å². The molecular weight excluding hydrogens is 310 g/mol. The number of anilines is 1. The number of tetrazole rings is 1. The standard InChI is InChI=1S/C16H15N5OS/c1-2-23-15-6-4-3-5-14(15)18-16(22)12-7-9-13(10-8-12)21-11-17-19-20-21/h3-11H,2H2,1H3,(H,18,22). The van der Waals surface area contributed by atoms with Crippen molar-refractivity contribution in [2.75, 3.05) is 11.1 Å². The summed E-state index contributed by atoms with van der Waals surface area (Å²) >= 11 is 1.70. The van der Waals surface area contributed by atoms with Crippen molar-refractivity contribution in [3.05, 3.63) is 60.4 Å². The van der Waals surface area contributed by atoms with Crippen molar-refractivity contribution in [3.63, 3.8) is 0 Å². The second-order valence-corrected chi connectivity index (χ2v) is 5.99. The van der Waals surface area contributed by atoms with E-state index in [-0.39, 0.29) is 5.91 Å². The number of carbonyl (C=O) groups excluding carboxylic acids is 1. The maximum atomic E-state index is 12.4. The largest absolute Gasteiger partial charge is 0.321 e. The molecule has 3 aromatic rings. The molecule has 116 valence electrons. The molecule has 1 amide bonds. The molecule has 0 bridgehead atoms. The maximum absolute atomic E-state index is 12.4. The number of hydrogen-bond acceptors (Lipinski definition) is 5. The van der Waals surface area contributed by atoms with E-state index < -0.39 is 0 Å². The number of nitrogens with one attached hydrogen (secondary N) is 1. The van der Waals surface area contributed by atoms with Crippen molar-refractivity contribution in [3.8, 4) is 5.69 Å². The first kappa shape index (κ1) is 15.2. The molecule has 0 atom stereocenters. The molecule has 23 heavy (non-hydrogen) atoms. The summed E-state index contributed by atoms with van der Waals surface area (Å²) in [5, 5.41) is 14.0. The average molecular weight is 325 g/mol. The number of para-hydroxylation sites is 1. The van der Waals surface area contributed by atoms with Crippen molar-refractivity contribution in [1.29, 1.82) is 0 Å². The van der Waals surface area contributed by atoms with Gasteiger partial charge >= 0.3 is 0 Å². The molecule has 0 saturated heterocycles. The Morgan fingerprint density at radius 3 is 2.65 bits per heavy atom. The normalized spacial score (nSPS) is 10.5. The van der Waals surface area contributed by atoms with Crippen LogP contribution in [0, 0.1) is 0 Å². The number of aromatic nitrogens is 4. The Morgan fingerprint density at radius 2 is 1.96 bits per heavy atom. The molecule has 1 N–H and O–H groups in total. The number of amides is 1. The Kier molecular flexibility index (Phi) is 4.68. The molecule has 7 heteroatoms. The van der Waals surface area contributed by atoms with Gasteiger partial charge in [-0.3, -0.25) is 4.79 Å². The van der Waals surface area contributed by atoms with Crippen molar-refractivity contribution < 1.29 is 4.79 Å². The fourth-order valence-electron chi connectivity index (χ4n) is 2.09. The summed E-state index contributed by atoms with van der Waals surface area (Å²) in [6.45, 7) is 2.08. The molecule has 0 spiro atoms. The monoisotopic (exact) mass is 325 g/mol. The summed E-state index contributed by atoms with van der Waals surface area (Å²) in [7, 11) is 0. The van der Waals surface area contributed by atoms with E-state index in [1.165, 1.54) is 11.0 Å². The molecule has 0 radical (unpaired) electrons. The van der Waals surface area contributed by atoms with E-state index >= 15 is 0 Å². The number of carbonyl (C=O) groups is 1. The molecule has 3 rings (SSSR count). The van der Waals surface area contributed by atoms with E-state index in [0.29, 0.717) is 5.56 Å². The topological polar surface area (TPSA) is 72.7 Å². The molecule has 0 aliphatic heterocycles. The Labute approximate surface area is 137 Å². The van der Waals surface area contributed by atoms with Gasteiger partial charge in [-0.2, -0.15) is 0 Å². The van der Waals surface area contributed by atoms with Crippen LogP contribution in [0.2, 0.25) is 0 Å². The lowest BCUT2D eigenvalue weighted by Crippen LogP contribution is -2.12. The number of thioether (sulfide) groups is 1. The Balaban J connectivity index is 1.76. The smallest absolute Gasteiger partial charge is 0.255 e. The molecule has 1 heterocycles. The summed E-state index contributed by atoms with van der Waals surface area (Å²) in [5.74, 6) is 0.811. The van der Waals surface area contributed by atoms with Crippen LogP contribution in [0.25, 0.3) is 5.69 Å². The lowest BCUT2D eigenvalue weighted by atomic mass is 10.2. The SMILES string of the molecule is CCSc1ccccc1NC(=O)c1ccc(-n2cnnn2)cc1. The third-order valence-electron chi connectivity index (χ3n) is 3.18. The fourth-order valence-corrected chi connectivity index (χ4v) is 2.85. The van der Waals surface area contributed by atoms with Crippen LogP contribution in [-0.2, 0) is 0 Å². The van der Waals surface area contributed by atoms with E-state index in [1.807, 2.05) is 24.3 Å². The molecule has 1 aromatic heterocycles. The summed E-state index contributed by atoms with van der Waals surface area (Å²) < 4.78 is 1.54. The summed E-state index contributed by atoms with van der Waals surface area (Å²) in [6.07, 6.45) is 1.51. The van der Waals surface area contributed by atoms with Crippen LogP contribution in [0.5, 0.6) is 0 Å². The van der Waals surface area contributed by atoms with E-state index in [1.54, 1.807) is 36.0 Å². The van der Waals surface area contributed by atoms with Crippen molar-refractivity contribution >= 4 is 23.4 Å². The van der Waals surface area contributed by atoms with Gasteiger partial charge in [0.05, 0.1) is 11.4 Å². The Hall–Kier alpha value is -2.67. The van der Waals surface area contributed by atoms with Gasteiger partial charge in [-0.25, -0.2) is 4.68 Å². The van der Waals surface area contributed by atoms with Gasteiger partial charge in [-0.15, -0.1) is 16.9 Å². The van der Waals surface area contributed by atoms with E-state index in [2.05, 4.69) is 27.8 Å². The lowest BCUT2D eigenvalue weighted by Gasteiger charge is -2.10. The van der Waals surface area contributed by atoms with Crippen LogP contribution < -0.4 is 5.32 Å². The number of benzene rings is 2. The number of hydrogen-bond donors (Lipinski definition) is 1. The van der Waals surface area contributed by atoms with Gasteiger partial charge in [0.2, 0.25) is 0 Å². The Morgan fingerprint density at radius 1 is 1.17 bits per heavy atom. The van der Waals surface area contributed by atoms with Crippen LogP contribution in [0.3, 0.4) is 0 Å². The third kappa shape index (κ3) is 3.57. The van der Waals surface area contributed by atoms with E-state index in [0.717, 1.165) is 22.0 Å². The minimum absolute atomic E-state index is 0.141. The van der Waals surface area contributed by atoms with Crippen LogP contribution >= 0.6 is 11.8 Å². The van der Waals surface area contributed by atoms with E-state index in [4.69, 9.17) is 0 Å². The van der Waals surface area contributed by atoms with Gasteiger partial charge in [0, 0.05) is 10.5 Å². The predicted octanol–water partition coefficient (Wildman–Crippen LogP) is 3.03. The molecule has 0 aliphatic carbocycles. The molecule has 0 aliphatic rings. The molecular formula is C16H15N5OS. The molecule has 2 aromatic carbocycles. The van der Waals surface area contributed by atoms with Gasteiger partial charge < -0.3 is 5.32 Å². The highest BCUT2D eigenvalue weighted by Gasteiger charge is 2.09. The maximum Gasteiger partial charge on any atom is 0.255 e. The van der Waals surface area contributed by atoms with Crippen LogP contribution in [0.15, 0.2) is 59.8 Å². The minimum Gasteiger partial charge on any atom is -0.321 e. The second-order valence-electron chi connectivity index (χ2n) is 4.68. The number of nitrogens with zero attached hydrogens (tertiary/aromatic N) is 4. The first-order valence-corrected chi connectivity index (χ1v) is 8.13. The molecule has 0 unspecified atom stereocenters. The summed E-state index contributed by atoms with van der Waals surface area (Å²) in [6, 6.07) is 14.9. The van der Waals surface area contributed by atoms with Gasteiger partial charge in [0.25, 0.3) is 5.91 Å². The lowest BCUT2D eigenvalue weighted by molar-refractivity contribution is 0.102. The molecule has 0 fully saturated rings. The van der Waals surface area contributed by atoms with Crippen molar-refractivity contribution in [1.82, 2.24) is 20.2 Å². The molecule has 0 saturated carbocycles. The quantitative estimate of drug-likeness (QED) is 0.730. The third-order valence-corrected chi connectivity index (χ3v) is 4.13. The zero-order valence-electron chi connectivity index (χ0n) is 12.5. The highest BCUT2D eigenvalue weighted by molar-refractivity contribution is 7.99. The van der Waals surface area contributed by atoms with Crippen molar-refractivity contribution in [2.45, 2.75) is 11.8 Å². The van der Waals surface area contributed by atoms with Gasteiger partial charge in [-0.05, 0) is 52.6 Å². The summed E-state index contributed by atoms with van der Waals surface area (Å²) in [5.41, 5.74) is 2.21. The van der Waals surface area contributed by atoms with Gasteiger partial charge in [0.15, 0.2) is 0 Å². The minimum atomic E-state index is -0.141. The number of rotatable bonds is 5. The van der Waals surface area contributed by atoms with Crippen LogP contribution in [0.1, 0.15) is 17.3 Å². The predicted molar refractivity (Wildman–Crippen MR) is 89.9 cm³/mol. The van der Waals surface area contributed by atoms with Crippen LogP contribution in [-0.4, -0.2) is 31.9 Å². The molecule has 6 nitrogen and oxygen atoms in total. The second kappa shape index (κ2) is 7.06. The fraction of sp³-hybridized carbons (Fsp3) is 0.125. The summed E-state index contributed by atoms with van der Waals surface area (Å²) in [4.78, 5) is 13.5. The van der Waals surface area contributed by atoms with Crippen molar-refractivity contribution in [2.24, 2.45) is 0 Å². The van der Waals surface area contributed by atoms with Gasteiger partial charge in [-0.1, -0.05) is 19.1 Å². The zero-order valence-corrected chi connectivity index (χ0v) is 13.3. The first-order chi connectivity index (χ1) is 11.3. The highest BCUT2D eigenvalue weighted by Crippen LogP contribution is 2.27. The van der Waals surface area contributed by atoms with Gasteiger partial charge in [0.1, 0.15) is 6.33 Å². The zero-order chi connectivity index (χ0) is 16.1.